The summed E-state index contributed by atoms with van der Waals surface area (Å²) in [6, 6.07) is 2.24. The lowest BCUT2D eigenvalue weighted by Gasteiger charge is -2.69. The van der Waals surface area contributed by atoms with Crippen LogP contribution in [0.15, 0.2) is 22.8 Å². The minimum atomic E-state index is -0.678. The van der Waals surface area contributed by atoms with E-state index in [-0.39, 0.29) is 57.1 Å². The zero-order valence-corrected chi connectivity index (χ0v) is 24.8. The van der Waals surface area contributed by atoms with Gasteiger partial charge in [-0.3, -0.25) is 14.4 Å². The van der Waals surface area contributed by atoms with Gasteiger partial charge in [0.15, 0.2) is 11.6 Å². The monoisotopic (exact) mass is 519 g/mol. The number of rotatable bonds is 1. The van der Waals surface area contributed by atoms with Crippen molar-refractivity contribution in [2.75, 3.05) is 7.11 Å². The zero-order chi connectivity index (χ0) is 28.3. The van der Waals surface area contributed by atoms with Crippen LogP contribution in [-0.2, 0) is 19.1 Å². The van der Waals surface area contributed by atoms with Crippen molar-refractivity contribution in [3.63, 3.8) is 0 Å². The van der Waals surface area contributed by atoms with Gasteiger partial charge in [0.1, 0.15) is 6.07 Å². The number of ketones is 2. The minimum Gasteiger partial charge on any atom is -0.469 e. The van der Waals surface area contributed by atoms with Gasteiger partial charge >= 0.3 is 5.97 Å². The van der Waals surface area contributed by atoms with Crippen LogP contribution in [0.5, 0.6) is 0 Å². The van der Waals surface area contributed by atoms with Crippen LogP contribution in [0.25, 0.3) is 0 Å². The van der Waals surface area contributed by atoms with Crippen LogP contribution in [-0.4, -0.2) is 24.6 Å². The van der Waals surface area contributed by atoms with Crippen molar-refractivity contribution < 1.29 is 19.1 Å². The second-order valence-electron chi connectivity index (χ2n) is 15.3. The van der Waals surface area contributed by atoms with Crippen molar-refractivity contribution in [2.45, 2.75) is 100 Å². The fourth-order valence-electron chi connectivity index (χ4n) is 10.5. The van der Waals surface area contributed by atoms with Crippen LogP contribution < -0.4 is 0 Å². The predicted octanol–water partition coefficient (Wildman–Crippen LogP) is 6.77. The molecular formula is C33H45NO4. The predicted molar refractivity (Wildman–Crippen MR) is 146 cm³/mol. The van der Waals surface area contributed by atoms with Gasteiger partial charge < -0.3 is 4.74 Å². The molecule has 0 aromatic heterocycles. The first-order valence-electron chi connectivity index (χ1n) is 14.5. The largest absolute Gasteiger partial charge is 0.469 e. The van der Waals surface area contributed by atoms with E-state index < -0.39 is 16.2 Å². The molecule has 5 aliphatic rings. The highest BCUT2D eigenvalue weighted by molar-refractivity contribution is 6.05. The van der Waals surface area contributed by atoms with Gasteiger partial charge in [0.25, 0.3) is 0 Å². The molecule has 0 aromatic carbocycles. The molecule has 0 saturated heterocycles. The Balaban J connectivity index is 1.73. The van der Waals surface area contributed by atoms with Crippen molar-refractivity contribution in [3.05, 3.63) is 22.8 Å². The first kappa shape index (κ1) is 27.4. The zero-order valence-electron chi connectivity index (χ0n) is 24.8. The van der Waals surface area contributed by atoms with Gasteiger partial charge in [0.2, 0.25) is 0 Å². The van der Waals surface area contributed by atoms with Crippen LogP contribution in [0.2, 0.25) is 0 Å². The van der Waals surface area contributed by atoms with Gasteiger partial charge in [-0.1, -0.05) is 48.5 Å². The van der Waals surface area contributed by atoms with Gasteiger partial charge in [0.05, 0.1) is 18.1 Å². The van der Waals surface area contributed by atoms with E-state index in [0.717, 1.165) is 56.1 Å². The van der Waals surface area contributed by atoms with Crippen LogP contribution in [0.4, 0.5) is 0 Å². The minimum absolute atomic E-state index is 0.0261. The Morgan fingerprint density at radius 2 is 1.63 bits per heavy atom. The summed E-state index contributed by atoms with van der Waals surface area (Å²) in [5.74, 6) is -0.367. The molecule has 1 unspecified atom stereocenters. The molecule has 5 nitrogen and oxygen atoms in total. The number of nitrogens with zero attached hydrogens (tertiary/aromatic N) is 1. The molecule has 0 heterocycles. The van der Waals surface area contributed by atoms with Gasteiger partial charge in [-0.2, -0.15) is 5.26 Å². The summed E-state index contributed by atoms with van der Waals surface area (Å²) in [5.41, 5.74) is -0.170. The second-order valence-corrected chi connectivity index (χ2v) is 15.3. The topological polar surface area (TPSA) is 84.2 Å². The Hall–Kier alpha value is -2.22. The van der Waals surface area contributed by atoms with Gasteiger partial charge in [-0.15, -0.1) is 0 Å². The summed E-state index contributed by atoms with van der Waals surface area (Å²) in [7, 11) is 1.49. The summed E-state index contributed by atoms with van der Waals surface area (Å²) >= 11 is 0. The number of esters is 1. The molecule has 7 atom stereocenters. The number of fused-ring (bicyclic) bond motifs is 7. The van der Waals surface area contributed by atoms with Gasteiger partial charge in [-0.05, 0) is 97.2 Å². The molecule has 3 saturated carbocycles. The number of hydrogen-bond donors (Lipinski definition) is 0. The Bertz CT molecular complexity index is 1250. The van der Waals surface area contributed by atoms with Crippen LogP contribution in [0, 0.1) is 61.6 Å². The summed E-state index contributed by atoms with van der Waals surface area (Å²) in [4.78, 5) is 41.3. The van der Waals surface area contributed by atoms with Gasteiger partial charge in [0, 0.05) is 16.7 Å². The smallest absolute Gasteiger partial charge is 0.312 e. The maximum Gasteiger partial charge on any atom is 0.312 e. The Labute approximate surface area is 228 Å². The Morgan fingerprint density at radius 3 is 2.24 bits per heavy atom. The lowest BCUT2D eigenvalue weighted by atomic mass is 9.33. The van der Waals surface area contributed by atoms with Crippen molar-refractivity contribution in [3.8, 4) is 6.07 Å². The number of carbonyl (C=O) groups is 3. The highest BCUT2D eigenvalue weighted by Gasteiger charge is 2.71. The molecule has 0 amide bonds. The molecule has 0 aliphatic heterocycles. The number of nitriles is 1. The lowest BCUT2D eigenvalue weighted by molar-refractivity contribution is -0.191. The SMILES string of the molecule is COC(=O)[C@]12CCC(C)(C)C[C@H]1[C@H]1C(=O)C=C3[C@@]4(C)C(C)=C(C#N)C(=O)C(C)(C)C4CC[C@@]3(C)[C@]1(C)CC2. The van der Waals surface area contributed by atoms with Gasteiger partial charge in [-0.25, -0.2) is 0 Å². The Morgan fingerprint density at radius 1 is 1.00 bits per heavy atom. The third kappa shape index (κ3) is 3.01. The van der Waals surface area contributed by atoms with Crippen molar-refractivity contribution in [1.82, 2.24) is 0 Å². The summed E-state index contributed by atoms with van der Waals surface area (Å²) in [6.07, 6.45) is 7.78. The summed E-state index contributed by atoms with van der Waals surface area (Å²) in [5, 5.41) is 10.0. The van der Waals surface area contributed by atoms with Crippen molar-refractivity contribution in [1.29, 1.82) is 5.26 Å². The number of allylic oxidation sites excluding steroid dienone is 4. The van der Waals surface area contributed by atoms with Crippen LogP contribution >= 0.6 is 0 Å². The highest BCUT2D eigenvalue weighted by atomic mass is 16.5. The van der Waals surface area contributed by atoms with E-state index in [1.54, 1.807) is 0 Å². The molecule has 38 heavy (non-hydrogen) atoms. The standard InChI is InChI=1S/C33H45NO4/c1-19-20(18-34)26(36)29(4,5)23-10-11-30(6)24(32(19,23)8)16-22(35)25-21-17-28(2,3)12-14-33(21,27(37)38-9)15-13-31(25,30)7/h16,21,23,25H,10-15,17H2,1-9H3/t21-,23?,25-,30+,31+,32-,33-/m0/s1. The number of carbonyl (C=O) groups excluding carboxylic acids is 3. The molecule has 0 radical (unpaired) electrons. The first-order chi connectivity index (χ1) is 17.5. The highest BCUT2D eigenvalue weighted by Crippen LogP contribution is 2.75. The van der Waals surface area contributed by atoms with Crippen LogP contribution in [0.1, 0.15) is 100 Å². The van der Waals surface area contributed by atoms with E-state index >= 15 is 0 Å². The molecule has 0 aromatic rings. The molecule has 5 aliphatic carbocycles. The summed E-state index contributed by atoms with van der Waals surface area (Å²) in [6.45, 7) is 17.3. The number of methoxy groups -OCH3 is 1. The van der Waals surface area contributed by atoms with Crippen molar-refractivity contribution >= 4 is 17.5 Å². The number of ether oxygens (including phenoxy) is 1. The quantitative estimate of drug-likeness (QED) is 0.357. The average molecular weight is 520 g/mol. The second kappa shape index (κ2) is 7.92. The van der Waals surface area contributed by atoms with Crippen LogP contribution in [0.3, 0.4) is 0 Å². The molecule has 5 heteroatoms. The maximum absolute atomic E-state index is 14.5. The first-order valence-corrected chi connectivity index (χ1v) is 14.5. The Kier molecular flexibility index (Phi) is 5.70. The lowest BCUT2D eigenvalue weighted by Crippen LogP contribution is -2.66. The molecular weight excluding hydrogens is 474 g/mol. The maximum atomic E-state index is 14.5. The third-order valence-electron chi connectivity index (χ3n) is 13.1. The molecule has 3 fully saturated rings. The average Bonchev–Trinajstić information content (AvgIpc) is 2.84. The number of Topliss-reactive ketones (excluding diaryl/α,β-unsaturated/α-hetero) is 1. The van der Waals surface area contributed by atoms with E-state index in [1.165, 1.54) is 7.11 Å². The fraction of sp³-hybridized carbons (Fsp3) is 0.758. The molecule has 0 spiro atoms. The molecule has 206 valence electrons. The molecule has 0 N–H and O–H groups in total. The van der Waals surface area contributed by atoms with E-state index in [0.29, 0.717) is 0 Å². The van der Waals surface area contributed by atoms with E-state index in [2.05, 4.69) is 40.7 Å². The van der Waals surface area contributed by atoms with E-state index in [1.807, 2.05) is 26.8 Å². The van der Waals surface area contributed by atoms with Crippen molar-refractivity contribution in [2.24, 2.45) is 50.2 Å². The fourth-order valence-corrected chi connectivity index (χ4v) is 10.5. The normalized spacial score (nSPS) is 45.1. The number of hydrogen-bond acceptors (Lipinski definition) is 5. The van der Waals surface area contributed by atoms with E-state index in [4.69, 9.17) is 4.74 Å². The summed E-state index contributed by atoms with van der Waals surface area (Å²) < 4.78 is 5.42. The molecule has 0 bridgehead atoms. The van der Waals surface area contributed by atoms with E-state index in [9.17, 15) is 19.6 Å². The molecule has 5 rings (SSSR count). The third-order valence-corrected chi connectivity index (χ3v) is 13.1.